The van der Waals surface area contributed by atoms with E-state index >= 15 is 0 Å². The fourth-order valence-corrected chi connectivity index (χ4v) is 2.99. The van der Waals surface area contributed by atoms with Crippen molar-refractivity contribution >= 4 is 32.9 Å². The molecule has 2 rings (SSSR count). The van der Waals surface area contributed by atoms with E-state index < -0.39 is 61.9 Å². The largest absolute Gasteiger partial charge is 0.536 e. The molecule has 0 fully saturated rings. The second-order valence-corrected chi connectivity index (χ2v) is 9.34. The number of rotatable bonds is 12. The zero-order chi connectivity index (χ0) is 31.1. The Morgan fingerprint density at radius 2 is 1.12 bits per heavy atom. The molecule has 0 saturated carbocycles. The quantitative estimate of drug-likeness (QED) is 0.0843. The van der Waals surface area contributed by atoms with E-state index in [4.69, 9.17) is 14.0 Å². The van der Waals surface area contributed by atoms with Gasteiger partial charge in [0.2, 0.25) is 0 Å². The minimum Gasteiger partial charge on any atom is -0.493 e. The number of oxime groups is 2. The van der Waals surface area contributed by atoms with Crippen molar-refractivity contribution in [1.29, 1.82) is 0 Å². The molecule has 228 valence electrons. The van der Waals surface area contributed by atoms with Crippen molar-refractivity contribution in [2.45, 2.75) is 24.3 Å². The summed E-state index contributed by atoms with van der Waals surface area (Å²) in [4.78, 5) is 0. The van der Waals surface area contributed by atoms with Gasteiger partial charge in [0.05, 0.1) is 13.2 Å². The SMILES string of the molecule is O=S(O)O/N=C(/c1ccc(OCCCOc2ccc(/C(=N/OS(=O)(=O)C(F)(F)F)C(F)(F)F)cc2)cc1)C(F)(F)F. The van der Waals surface area contributed by atoms with Crippen LogP contribution in [0.4, 0.5) is 39.5 Å². The maximum absolute atomic E-state index is 13.2. The van der Waals surface area contributed by atoms with Gasteiger partial charge in [-0.1, -0.05) is 10.3 Å². The minimum absolute atomic E-state index is 0.00783. The minimum atomic E-state index is -6.42. The van der Waals surface area contributed by atoms with Gasteiger partial charge in [0.15, 0.2) is 11.4 Å². The molecule has 0 radical (unpaired) electrons. The first-order valence-electron chi connectivity index (χ1n) is 10.4. The van der Waals surface area contributed by atoms with Crippen LogP contribution in [0.2, 0.25) is 0 Å². The zero-order valence-corrected chi connectivity index (χ0v) is 21.3. The third-order valence-electron chi connectivity index (χ3n) is 4.32. The van der Waals surface area contributed by atoms with Gasteiger partial charge in [-0.05, 0) is 48.5 Å². The highest BCUT2D eigenvalue weighted by Gasteiger charge is 2.50. The molecule has 1 atom stereocenters. The fourth-order valence-electron chi connectivity index (χ4n) is 2.59. The summed E-state index contributed by atoms with van der Waals surface area (Å²) in [6.45, 7) is -0.0920. The van der Waals surface area contributed by atoms with Crippen molar-refractivity contribution in [3.8, 4) is 11.5 Å². The molecule has 41 heavy (non-hydrogen) atoms. The van der Waals surface area contributed by atoms with Crippen molar-refractivity contribution in [2.75, 3.05) is 13.2 Å². The monoisotopic (exact) mass is 646 g/mol. The number of halogens is 9. The van der Waals surface area contributed by atoms with E-state index in [0.29, 0.717) is 0 Å². The Balaban J connectivity index is 1.94. The average molecular weight is 646 g/mol. The van der Waals surface area contributed by atoms with Gasteiger partial charge in [0.25, 0.3) is 0 Å². The second-order valence-electron chi connectivity index (χ2n) is 7.24. The van der Waals surface area contributed by atoms with Crippen LogP contribution in [0.1, 0.15) is 17.5 Å². The summed E-state index contributed by atoms with van der Waals surface area (Å²) in [6, 6.07) is 7.69. The molecule has 10 nitrogen and oxygen atoms in total. The summed E-state index contributed by atoms with van der Waals surface area (Å²) >= 11 is -3.07. The van der Waals surface area contributed by atoms with E-state index in [-0.39, 0.29) is 31.1 Å². The Morgan fingerprint density at radius 1 is 0.732 bits per heavy atom. The van der Waals surface area contributed by atoms with Crippen LogP contribution in [0.15, 0.2) is 58.8 Å². The predicted octanol–water partition coefficient (Wildman–Crippen LogP) is 5.09. The lowest BCUT2D eigenvalue weighted by atomic mass is 10.1. The second kappa shape index (κ2) is 13.4. The number of hydrogen-bond acceptors (Lipinski definition) is 9. The molecule has 0 saturated heterocycles. The normalized spacial score (nSPS) is 14.4. The number of hydrogen-bond donors (Lipinski definition) is 1. The van der Waals surface area contributed by atoms with Crippen molar-refractivity contribution in [1.82, 2.24) is 0 Å². The molecule has 2 aromatic carbocycles. The molecule has 21 heteroatoms. The molecular weight excluding hydrogens is 631 g/mol. The predicted molar refractivity (Wildman–Crippen MR) is 122 cm³/mol. The summed E-state index contributed by atoms with van der Waals surface area (Å²) in [5.74, 6) is 0.133. The first kappa shape index (κ1) is 33.6. The summed E-state index contributed by atoms with van der Waals surface area (Å²) < 4.78 is 174. The maximum atomic E-state index is 13.2. The topological polar surface area (TPSA) is 133 Å². The number of nitrogens with zero attached hydrogens (tertiary/aromatic N) is 2. The molecule has 1 unspecified atom stereocenters. The van der Waals surface area contributed by atoms with Crippen LogP contribution in [-0.2, 0) is 30.0 Å². The van der Waals surface area contributed by atoms with Gasteiger partial charge in [0, 0.05) is 17.5 Å². The van der Waals surface area contributed by atoms with Crippen LogP contribution in [0.5, 0.6) is 11.5 Å². The van der Waals surface area contributed by atoms with E-state index in [1.54, 1.807) is 0 Å². The molecule has 1 N–H and O–H groups in total. The fraction of sp³-hybridized carbons (Fsp3) is 0.300. The lowest BCUT2D eigenvalue weighted by Gasteiger charge is -2.12. The van der Waals surface area contributed by atoms with Crippen LogP contribution >= 0.6 is 0 Å². The highest BCUT2D eigenvalue weighted by molar-refractivity contribution is 7.87. The molecule has 2 aromatic rings. The van der Waals surface area contributed by atoms with Gasteiger partial charge >= 0.3 is 39.3 Å². The Kier molecular flexibility index (Phi) is 11.0. The lowest BCUT2D eigenvalue weighted by molar-refractivity contribution is -0.0634. The van der Waals surface area contributed by atoms with E-state index in [9.17, 15) is 52.1 Å². The van der Waals surface area contributed by atoms with Crippen LogP contribution in [0.25, 0.3) is 0 Å². The van der Waals surface area contributed by atoms with Crippen LogP contribution in [-0.4, -0.2) is 59.7 Å². The van der Waals surface area contributed by atoms with Crippen LogP contribution in [0, 0.1) is 0 Å². The Labute approximate surface area is 226 Å². The molecule has 0 aliphatic carbocycles. The average Bonchev–Trinajstić information content (AvgIpc) is 2.83. The van der Waals surface area contributed by atoms with Crippen molar-refractivity contribution in [3.63, 3.8) is 0 Å². The molecule has 0 aliphatic heterocycles. The van der Waals surface area contributed by atoms with Crippen molar-refractivity contribution < 1.29 is 74.7 Å². The molecule has 0 aliphatic rings. The van der Waals surface area contributed by atoms with E-state index in [1.807, 2.05) is 0 Å². The standard InChI is InChI=1S/C20H15F9N2O8S2/c21-18(22,23)16(30-38-40(32)33)12-2-6-14(7-3-12)36-10-1-11-37-15-8-4-13(5-9-15)17(19(24,25)26)31-39-41(34,35)20(27,28)29/h2-9H,1,10-11H2,(H,32,33)/b30-16-,31-17-. The Hall–Kier alpha value is -3.59. The Bertz CT molecular complexity index is 1360. The van der Waals surface area contributed by atoms with Gasteiger partial charge in [-0.25, -0.2) is 0 Å². The molecule has 0 amide bonds. The maximum Gasteiger partial charge on any atom is 0.536 e. The summed E-state index contributed by atoms with van der Waals surface area (Å²) in [5, 5.41) is 4.74. The van der Waals surface area contributed by atoms with Crippen molar-refractivity contribution in [2.24, 2.45) is 10.3 Å². The number of alkyl halides is 9. The summed E-state index contributed by atoms with van der Waals surface area (Å²) in [6.07, 6.45) is -10.2. The smallest absolute Gasteiger partial charge is 0.493 e. The van der Waals surface area contributed by atoms with Gasteiger partial charge in [-0.15, -0.1) is 0 Å². The highest BCUT2D eigenvalue weighted by atomic mass is 32.2. The first-order valence-corrected chi connectivity index (χ1v) is 12.8. The summed E-state index contributed by atoms with van der Waals surface area (Å²) in [5.41, 5.74) is -10.9. The Morgan fingerprint density at radius 3 is 1.46 bits per heavy atom. The molecule has 0 bridgehead atoms. The third-order valence-corrected chi connectivity index (χ3v) is 5.36. The first-order chi connectivity index (χ1) is 18.8. The van der Waals surface area contributed by atoms with Gasteiger partial charge < -0.3 is 9.47 Å². The molecule has 0 heterocycles. The van der Waals surface area contributed by atoms with Gasteiger partial charge in [-0.3, -0.25) is 13.1 Å². The summed E-state index contributed by atoms with van der Waals surface area (Å²) in [7, 11) is -6.42. The zero-order valence-electron chi connectivity index (χ0n) is 19.7. The highest BCUT2D eigenvalue weighted by Crippen LogP contribution is 2.28. The van der Waals surface area contributed by atoms with Crippen LogP contribution in [0.3, 0.4) is 0 Å². The molecular formula is C20H15F9N2O8S2. The number of benzene rings is 2. The van der Waals surface area contributed by atoms with Crippen molar-refractivity contribution in [3.05, 3.63) is 59.7 Å². The third kappa shape index (κ3) is 10.4. The van der Waals surface area contributed by atoms with Crippen LogP contribution < -0.4 is 9.47 Å². The van der Waals surface area contributed by atoms with E-state index in [2.05, 4.69) is 18.9 Å². The molecule has 0 spiro atoms. The van der Waals surface area contributed by atoms with E-state index in [1.165, 1.54) is 0 Å². The number of ether oxygens (including phenoxy) is 2. The molecule has 0 aromatic heterocycles. The van der Waals surface area contributed by atoms with E-state index in [0.717, 1.165) is 48.5 Å². The van der Waals surface area contributed by atoms with Gasteiger partial charge in [0.1, 0.15) is 11.5 Å². The van der Waals surface area contributed by atoms with Gasteiger partial charge in [-0.2, -0.15) is 52.1 Å². The lowest BCUT2D eigenvalue weighted by Crippen LogP contribution is -2.28.